The molecule has 0 unspecified atom stereocenters. The molecule has 0 amide bonds. The summed E-state index contributed by atoms with van der Waals surface area (Å²) in [5.41, 5.74) is 3.93. The van der Waals surface area contributed by atoms with Gasteiger partial charge in [-0.1, -0.05) is 24.3 Å². The Labute approximate surface area is 187 Å². The number of esters is 2. The van der Waals surface area contributed by atoms with Crippen molar-refractivity contribution in [1.82, 2.24) is 0 Å². The van der Waals surface area contributed by atoms with Gasteiger partial charge < -0.3 is 9.47 Å². The van der Waals surface area contributed by atoms with Crippen LogP contribution < -0.4 is 0 Å². The molecular formula is C20H16Br2O4S2. The van der Waals surface area contributed by atoms with Gasteiger partial charge in [0.1, 0.15) is 0 Å². The van der Waals surface area contributed by atoms with Crippen molar-refractivity contribution in [3.8, 4) is 20.9 Å². The van der Waals surface area contributed by atoms with E-state index in [4.69, 9.17) is 9.47 Å². The van der Waals surface area contributed by atoms with Crippen LogP contribution in [0.5, 0.6) is 0 Å². The van der Waals surface area contributed by atoms with Gasteiger partial charge in [0.15, 0.2) is 0 Å². The molecule has 3 aromatic rings. The normalized spacial score (nSPS) is 10.7. The summed E-state index contributed by atoms with van der Waals surface area (Å²) in [6.45, 7) is 0. The zero-order chi connectivity index (χ0) is 20.3. The summed E-state index contributed by atoms with van der Waals surface area (Å²) in [6, 6.07) is 12.0. The van der Waals surface area contributed by atoms with E-state index in [1.807, 2.05) is 36.4 Å². The molecule has 0 fully saturated rings. The Kier molecular flexibility index (Phi) is 7.09. The van der Waals surface area contributed by atoms with Crippen LogP contribution in [-0.2, 0) is 31.9 Å². The van der Waals surface area contributed by atoms with E-state index in [0.717, 1.165) is 39.6 Å². The zero-order valence-electron chi connectivity index (χ0n) is 15.1. The number of ether oxygens (including phenoxy) is 2. The van der Waals surface area contributed by atoms with Gasteiger partial charge in [-0.15, -0.1) is 22.7 Å². The molecule has 0 saturated carbocycles. The molecule has 0 N–H and O–H groups in total. The maximum atomic E-state index is 11.7. The second kappa shape index (κ2) is 9.35. The van der Waals surface area contributed by atoms with Crippen LogP contribution in [0.1, 0.15) is 11.1 Å². The standard InChI is InChI=1S/C20H16Br2O4S2/c1-25-17(23)9-13-7-15(21)27-19(13)11-3-5-12(6-4-11)20-14(8-16(22)28-20)10-18(24)26-2/h3-8H,9-10H2,1-2H3. The van der Waals surface area contributed by atoms with Gasteiger partial charge >= 0.3 is 11.9 Å². The first-order valence-electron chi connectivity index (χ1n) is 8.22. The molecule has 8 heteroatoms. The number of methoxy groups -OCH3 is 2. The number of benzene rings is 1. The summed E-state index contributed by atoms with van der Waals surface area (Å²) in [4.78, 5) is 25.5. The minimum absolute atomic E-state index is 0.233. The first-order valence-corrected chi connectivity index (χ1v) is 11.4. The van der Waals surface area contributed by atoms with Gasteiger partial charge in [-0.2, -0.15) is 0 Å². The van der Waals surface area contributed by atoms with Gasteiger partial charge in [0, 0.05) is 9.75 Å². The Morgan fingerprint density at radius 3 is 1.46 bits per heavy atom. The van der Waals surface area contributed by atoms with Crippen LogP contribution in [0.15, 0.2) is 44.0 Å². The third-order valence-electron chi connectivity index (χ3n) is 4.09. The molecule has 0 saturated heterocycles. The predicted molar refractivity (Wildman–Crippen MR) is 120 cm³/mol. The number of thiophene rings is 2. The summed E-state index contributed by atoms with van der Waals surface area (Å²) < 4.78 is 11.5. The average Bonchev–Trinajstić information content (AvgIpc) is 3.23. The fraction of sp³-hybridized carbons (Fsp3) is 0.200. The van der Waals surface area contributed by atoms with Crippen molar-refractivity contribution in [1.29, 1.82) is 0 Å². The highest BCUT2D eigenvalue weighted by molar-refractivity contribution is 9.11. The van der Waals surface area contributed by atoms with Crippen LogP contribution in [0.2, 0.25) is 0 Å². The SMILES string of the molecule is COC(=O)Cc1cc(Br)sc1-c1ccc(-c2sc(Br)cc2CC(=O)OC)cc1. The van der Waals surface area contributed by atoms with Crippen LogP contribution in [0.25, 0.3) is 20.9 Å². The lowest BCUT2D eigenvalue weighted by atomic mass is 10.0. The molecule has 4 nitrogen and oxygen atoms in total. The number of carbonyl (C=O) groups excluding carboxylic acids is 2. The Morgan fingerprint density at radius 2 is 1.14 bits per heavy atom. The highest BCUT2D eigenvalue weighted by Gasteiger charge is 2.16. The lowest BCUT2D eigenvalue weighted by molar-refractivity contribution is -0.140. The van der Waals surface area contributed by atoms with E-state index in [1.54, 1.807) is 22.7 Å². The lowest BCUT2D eigenvalue weighted by Crippen LogP contribution is -2.04. The maximum Gasteiger partial charge on any atom is 0.310 e. The van der Waals surface area contributed by atoms with E-state index >= 15 is 0 Å². The molecule has 0 bridgehead atoms. The van der Waals surface area contributed by atoms with Crippen molar-refractivity contribution in [2.75, 3.05) is 14.2 Å². The molecule has 2 heterocycles. The van der Waals surface area contributed by atoms with Crippen molar-refractivity contribution in [2.24, 2.45) is 0 Å². The largest absolute Gasteiger partial charge is 0.469 e. The molecule has 2 aromatic heterocycles. The lowest BCUT2D eigenvalue weighted by Gasteiger charge is -2.06. The third-order valence-corrected chi connectivity index (χ3v) is 7.55. The molecule has 28 heavy (non-hydrogen) atoms. The summed E-state index contributed by atoms with van der Waals surface area (Å²) in [7, 11) is 2.78. The monoisotopic (exact) mass is 542 g/mol. The van der Waals surface area contributed by atoms with Gasteiger partial charge in [0.25, 0.3) is 0 Å². The molecule has 0 aliphatic rings. The van der Waals surface area contributed by atoms with Crippen molar-refractivity contribution >= 4 is 66.5 Å². The number of hydrogen-bond donors (Lipinski definition) is 0. The molecule has 0 radical (unpaired) electrons. The van der Waals surface area contributed by atoms with E-state index in [0.29, 0.717) is 0 Å². The minimum atomic E-state index is -0.265. The Bertz CT molecular complexity index is 925. The van der Waals surface area contributed by atoms with Gasteiger partial charge in [0.2, 0.25) is 0 Å². The second-order valence-corrected chi connectivity index (χ2v) is 10.8. The van der Waals surface area contributed by atoms with Gasteiger partial charge in [-0.05, 0) is 66.2 Å². The second-order valence-electron chi connectivity index (χ2n) is 5.89. The smallest absolute Gasteiger partial charge is 0.310 e. The quantitative estimate of drug-likeness (QED) is 0.352. The minimum Gasteiger partial charge on any atom is -0.469 e. The van der Waals surface area contributed by atoms with Gasteiger partial charge in [-0.3, -0.25) is 9.59 Å². The van der Waals surface area contributed by atoms with Crippen LogP contribution in [0.3, 0.4) is 0 Å². The highest BCUT2D eigenvalue weighted by atomic mass is 79.9. The summed E-state index contributed by atoms with van der Waals surface area (Å²) in [6.07, 6.45) is 0.466. The molecule has 0 aliphatic carbocycles. The number of carbonyl (C=O) groups is 2. The van der Waals surface area contributed by atoms with Crippen LogP contribution in [0, 0.1) is 0 Å². The van der Waals surface area contributed by atoms with E-state index in [9.17, 15) is 9.59 Å². The molecule has 3 rings (SSSR count). The first kappa shape index (κ1) is 21.2. The summed E-state index contributed by atoms with van der Waals surface area (Å²) >= 11 is 10.2. The van der Waals surface area contributed by atoms with Crippen LogP contribution in [-0.4, -0.2) is 26.2 Å². The van der Waals surface area contributed by atoms with Crippen LogP contribution in [0.4, 0.5) is 0 Å². The highest BCUT2D eigenvalue weighted by Crippen LogP contribution is 2.39. The Balaban J connectivity index is 1.92. The van der Waals surface area contributed by atoms with Crippen LogP contribution >= 0.6 is 54.5 Å². The molecule has 0 atom stereocenters. The third kappa shape index (κ3) is 4.92. The van der Waals surface area contributed by atoms with E-state index in [2.05, 4.69) is 31.9 Å². The van der Waals surface area contributed by atoms with Crippen molar-refractivity contribution in [2.45, 2.75) is 12.8 Å². The summed E-state index contributed by atoms with van der Waals surface area (Å²) in [5.74, 6) is -0.530. The Hall–Kier alpha value is -1.48. The molecule has 1 aromatic carbocycles. The van der Waals surface area contributed by atoms with E-state index < -0.39 is 0 Å². The molecular weight excluding hydrogens is 528 g/mol. The summed E-state index contributed by atoms with van der Waals surface area (Å²) in [5, 5.41) is 0. The number of hydrogen-bond acceptors (Lipinski definition) is 6. The number of rotatable bonds is 6. The average molecular weight is 544 g/mol. The number of halogens is 2. The predicted octanol–water partition coefficient (Wildman–Crippen LogP) is 6.10. The van der Waals surface area contributed by atoms with Crippen molar-refractivity contribution in [3.05, 3.63) is 55.1 Å². The molecule has 0 aliphatic heterocycles. The van der Waals surface area contributed by atoms with Crippen molar-refractivity contribution < 1.29 is 19.1 Å². The maximum absolute atomic E-state index is 11.7. The molecule has 146 valence electrons. The van der Waals surface area contributed by atoms with Crippen molar-refractivity contribution in [3.63, 3.8) is 0 Å². The van der Waals surface area contributed by atoms with Gasteiger partial charge in [-0.25, -0.2) is 0 Å². The fourth-order valence-corrected chi connectivity index (χ4v) is 6.12. The topological polar surface area (TPSA) is 52.6 Å². The Morgan fingerprint density at radius 1 is 0.786 bits per heavy atom. The molecule has 0 spiro atoms. The van der Waals surface area contributed by atoms with E-state index in [-0.39, 0.29) is 24.8 Å². The van der Waals surface area contributed by atoms with E-state index in [1.165, 1.54) is 14.2 Å². The first-order chi connectivity index (χ1) is 13.4. The zero-order valence-corrected chi connectivity index (χ0v) is 19.9. The van der Waals surface area contributed by atoms with Gasteiger partial charge in [0.05, 0.1) is 34.6 Å². The fourth-order valence-electron chi connectivity index (χ4n) is 2.77.